The Morgan fingerprint density at radius 3 is 2.52 bits per heavy atom. The van der Waals surface area contributed by atoms with E-state index in [9.17, 15) is 4.79 Å². The summed E-state index contributed by atoms with van der Waals surface area (Å²) in [4.78, 5) is 22.3. The molecule has 1 aliphatic heterocycles. The Labute approximate surface area is 198 Å². The number of hydrogen-bond donors (Lipinski definition) is 0. The molecule has 2 aromatic heterocycles. The van der Waals surface area contributed by atoms with Crippen molar-refractivity contribution in [3.8, 4) is 22.0 Å². The fourth-order valence-corrected chi connectivity index (χ4v) is 5.27. The molecule has 4 aromatic rings. The van der Waals surface area contributed by atoms with E-state index in [1.165, 1.54) is 16.8 Å². The van der Waals surface area contributed by atoms with Gasteiger partial charge in [0, 0.05) is 49.0 Å². The molecule has 0 unspecified atom stereocenters. The van der Waals surface area contributed by atoms with Crippen LogP contribution in [0, 0.1) is 13.8 Å². The molecular weight excluding hydrogens is 428 g/mol. The Kier molecular flexibility index (Phi) is 6.01. The van der Waals surface area contributed by atoms with Gasteiger partial charge < -0.3 is 14.4 Å². The lowest BCUT2D eigenvalue weighted by Crippen LogP contribution is -2.49. The summed E-state index contributed by atoms with van der Waals surface area (Å²) in [5.41, 5.74) is 6.99. The molecule has 0 aliphatic carbocycles. The van der Waals surface area contributed by atoms with Gasteiger partial charge >= 0.3 is 0 Å². The maximum Gasteiger partial charge on any atom is 0.242 e. The van der Waals surface area contributed by atoms with E-state index in [0.29, 0.717) is 6.54 Å². The fourth-order valence-electron chi connectivity index (χ4n) is 4.40. The molecule has 1 saturated heterocycles. The summed E-state index contributed by atoms with van der Waals surface area (Å²) in [7, 11) is 0. The average molecular weight is 457 g/mol. The molecule has 0 bridgehead atoms. The predicted molar refractivity (Wildman–Crippen MR) is 136 cm³/mol. The molecule has 0 spiro atoms. The number of aromatic nitrogens is 2. The number of piperazine rings is 1. The lowest BCUT2D eigenvalue weighted by molar-refractivity contribution is -0.132. The van der Waals surface area contributed by atoms with E-state index in [1.807, 2.05) is 46.0 Å². The van der Waals surface area contributed by atoms with Crippen molar-refractivity contribution in [2.75, 3.05) is 31.1 Å². The van der Waals surface area contributed by atoms with E-state index in [0.717, 1.165) is 48.1 Å². The van der Waals surface area contributed by atoms with Crippen LogP contribution in [0.1, 0.15) is 11.1 Å². The Morgan fingerprint density at radius 1 is 0.939 bits per heavy atom. The van der Waals surface area contributed by atoms with Crippen molar-refractivity contribution in [1.29, 1.82) is 0 Å². The van der Waals surface area contributed by atoms with Gasteiger partial charge in [-0.3, -0.25) is 4.79 Å². The zero-order chi connectivity index (χ0) is 22.8. The van der Waals surface area contributed by atoms with Crippen molar-refractivity contribution in [2.45, 2.75) is 20.4 Å². The molecule has 168 valence electrons. The second kappa shape index (κ2) is 9.24. The largest absolute Gasteiger partial charge is 0.368 e. The summed E-state index contributed by atoms with van der Waals surface area (Å²) >= 11 is 1.62. The van der Waals surface area contributed by atoms with E-state index in [1.54, 1.807) is 11.3 Å². The van der Waals surface area contributed by atoms with E-state index in [2.05, 4.69) is 54.5 Å². The Morgan fingerprint density at radius 2 is 1.73 bits per heavy atom. The van der Waals surface area contributed by atoms with Gasteiger partial charge in [-0.1, -0.05) is 42.5 Å². The second-order valence-electron chi connectivity index (χ2n) is 8.51. The molecule has 2 aromatic carbocycles. The third-order valence-electron chi connectivity index (χ3n) is 6.48. The highest BCUT2D eigenvalue weighted by atomic mass is 32.1. The Balaban J connectivity index is 1.25. The molecule has 0 atom stereocenters. The second-order valence-corrected chi connectivity index (χ2v) is 9.37. The van der Waals surface area contributed by atoms with Gasteiger partial charge in [0.25, 0.3) is 0 Å². The number of carbonyl (C=O) groups is 1. The first kappa shape index (κ1) is 21.5. The molecule has 1 fully saturated rings. The van der Waals surface area contributed by atoms with E-state index >= 15 is 0 Å². The number of nitrogens with zero attached hydrogens (tertiary/aromatic N) is 4. The molecule has 3 heterocycles. The number of carbonyl (C=O) groups excluding carboxylic acids is 1. The highest BCUT2D eigenvalue weighted by molar-refractivity contribution is 7.13. The lowest BCUT2D eigenvalue weighted by atomic mass is 10.1. The monoisotopic (exact) mass is 456 g/mol. The van der Waals surface area contributed by atoms with Crippen LogP contribution < -0.4 is 4.90 Å². The topological polar surface area (TPSA) is 41.4 Å². The van der Waals surface area contributed by atoms with Crippen molar-refractivity contribution in [2.24, 2.45) is 0 Å². The molecule has 1 aliphatic rings. The molecule has 5 nitrogen and oxygen atoms in total. The van der Waals surface area contributed by atoms with Crippen molar-refractivity contribution < 1.29 is 4.79 Å². The minimum atomic E-state index is 0.160. The van der Waals surface area contributed by atoms with E-state index in [-0.39, 0.29) is 5.91 Å². The zero-order valence-electron chi connectivity index (χ0n) is 19.1. The SMILES string of the molecule is Cc1cccc(N2CCN(C(=O)Cn3cccc3-c3nc(-c4ccccc4)cs3)CC2)c1C. The van der Waals surface area contributed by atoms with Gasteiger partial charge in [-0.05, 0) is 43.2 Å². The standard InChI is InChI=1S/C27H28N4OS/c1-20-8-6-11-24(21(20)2)29-14-16-30(17-15-29)26(32)18-31-13-7-12-25(31)27-28-23(19-33-27)22-9-4-3-5-10-22/h3-13,19H,14-18H2,1-2H3. The maximum absolute atomic E-state index is 13.1. The third-order valence-corrected chi connectivity index (χ3v) is 7.34. The van der Waals surface area contributed by atoms with Crippen LogP contribution >= 0.6 is 11.3 Å². The molecular formula is C27H28N4OS. The van der Waals surface area contributed by atoms with Crippen LogP contribution in [0.25, 0.3) is 22.0 Å². The number of hydrogen-bond acceptors (Lipinski definition) is 4. The lowest BCUT2D eigenvalue weighted by Gasteiger charge is -2.37. The van der Waals surface area contributed by atoms with Gasteiger partial charge in [0.15, 0.2) is 0 Å². The minimum absolute atomic E-state index is 0.160. The van der Waals surface area contributed by atoms with Gasteiger partial charge in [-0.2, -0.15) is 0 Å². The van der Waals surface area contributed by atoms with Crippen molar-refractivity contribution >= 4 is 22.9 Å². The van der Waals surface area contributed by atoms with Crippen LogP contribution in [0.3, 0.4) is 0 Å². The van der Waals surface area contributed by atoms with Gasteiger partial charge in [0.2, 0.25) is 5.91 Å². The van der Waals surface area contributed by atoms with Crippen molar-refractivity contribution in [3.05, 3.63) is 83.4 Å². The minimum Gasteiger partial charge on any atom is -0.368 e. The van der Waals surface area contributed by atoms with Crippen LogP contribution in [-0.4, -0.2) is 46.5 Å². The first-order valence-corrected chi connectivity index (χ1v) is 12.2. The van der Waals surface area contributed by atoms with Crippen molar-refractivity contribution in [1.82, 2.24) is 14.5 Å². The highest BCUT2D eigenvalue weighted by Crippen LogP contribution is 2.29. The first-order chi connectivity index (χ1) is 16.1. The maximum atomic E-state index is 13.1. The zero-order valence-corrected chi connectivity index (χ0v) is 19.9. The van der Waals surface area contributed by atoms with Gasteiger partial charge in [-0.25, -0.2) is 4.98 Å². The van der Waals surface area contributed by atoms with Gasteiger partial charge in [-0.15, -0.1) is 11.3 Å². The summed E-state index contributed by atoms with van der Waals surface area (Å²) in [5.74, 6) is 0.160. The summed E-state index contributed by atoms with van der Waals surface area (Å²) in [6, 6.07) is 20.7. The van der Waals surface area contributed by atoms with E-state index in [4.69, 9.17) is 4.98 Å². The molecule has 1 amide bonds. The number of amides is 1. The first-order valence-electron chi connectivity index (χ1n) is 11.4. The molecule has 0 N–H and O–H groups in total. The number of rotatable bonds is 5. The normalized spacial score (nSPS) is 14.0. The van der Waals surface area contributed by atoms with E-state index < -0.39 is 0 Å². The van der Waals surface area contributed by atoms with Crippen LogP contribution in [0.15, 0.2) is 72.2 Å². The summed E-state index contributed by atoms with van der Waals surface area (Å²) in [6.07, 6.45) is 1.98. The smallest absolute Gasteiger partial charge is 0.242 e. The van der Waals surface area contributed by atoms with Crippen molar-refractivity contribution in [3.63, 3.8) is 0 Å². The van der Waals surface area contributed by atoms with Crippen LogP contribution in [0.5, 0.6) is 0 Å². The Bertz CT molecular complexity index is 1250. The molecule has 6 heteroatoms. The molecule has 5 rings (SSSR count). The fraction of sp³-hybridized carbons (Fsp3) is 0.259. The molecule has 0 radical (unpaired) electrons. The molecule has 0 saturated carbocycles. The van der Waals surface area contributed by atoms with Crippen LogP contribution in [-0.2, 0) is 11.3 Å². The number of aryl methyl sites for hydroxylation is 1. The summed E-state index contributed by atoms with van der Waals surface area (Å²) in [6.45, 7) is 7.89. The average Bonchev–Trinajstić information content (AvgIpc) is 3.51. The predicted octanol–water partition coefficient (Wildman–Crippen LogP) is 5.24. The Hall–Kier alpha value is -3.38. The van der Waals surface area contributed by atoms with Gasteiger partial charge in [0.05, 0.1) is 11.4 Å². The summed E-state index contributed by atoms with van der Waals surface area (Å²) < 4.78 is 2.02. The number of benzene rings is 2. The highest BCUT2D eigenvalue weighted by Gasteiger charge is 2.23. The quantitative estimate of drug-likeness (QED) is 0.412. The number of anilines is 1. The van der Waals surface area contributed by atoms with Crippen LogP contribution in [0.2, 0.25) is 0 Å². The van der Waals surface area contributed by atoms with Crippen LogP contribution in [0.4, 0.5) is 5.69 Å². The van der Waals surface area contributed by atoms with Gasteiger partial charge in [0.1, 0.15) is 11.6 Å². The number of thiazole rings is 1. The summed E-state index contributed by atoms with van der Waals surface area (Å²) in [5, 5.41) is 3.02. The third kappa shape index (κ3) is 4.44. The molecule has 33 heavy (non-hydrogen) atoms.